The number of likely N-dealkylation sites (tertiary alicyclic amines) is 1. The Morgan fingerprint density at radius 2 is 1.79 bits per heavy atom. The minimum absolute atomic E-state index is 0.0184. The van der Waals surface area contributed by atoms with Gasteiger partial charge in [-0.2, -0.15) is 13.2 Å². The van der Waals surface area contributed by atoms with E-state index in [2.05, 4.69) is 0 Å². The van der Waals surface area contributed by atoms with Gasteiger partial charge in [0.05, 0.1) is 0 Å². The van der Waals surface area contributed by atoms with Crippen LogP contribution in [0.2, 0.25) is 0 Å². The first-order valence-electron chi connectivity index (χ1n) is 7.63. The minimum atomic E-state index is -4.89. The summed E-state index contributed by atoms with van der Waals surface area (Å²) in [7, 11) is 0. The fraction of sp³-hybridized carbons (Fsp3) is 0.529. The molecule has 0 aliphatic carbocycles. The molecule has 1 amide bonds. The molecule has 4 nitrogen and oxygen atoms in total. The van der Waals surface area contributed by atoms with E-state index >= 15 is 0 Å². The summed E-state index contributed by atoms with van der Waals surface area (Å²) < 4.78 is 39.6. The van der Waals surface area contributed by atoms with Crippen molar-refractivity contribution in [3.63, 3.8) is 0 Å². The Hall–Kier alpha value is -2.05. The van der Waals surface area contributed by atoms with Crippen LogP contribution in [0.15, 0.2) is 30.3 Å². The van der Waals surface area contributed by atoms with Crippen LogP contribution in [0.25, 0.3) is 0 Å². The molecule has 0 radical (unpaired) electrons. The number of nitrogens with zero attached hydrogens (tertiary/aromatic N) is 1. The average Bonchev–Trinajstić information content (AvgIpc) is 2.94. The van der Waals surface area contributed by atoms with Gasteiger partial charge in [-0.25, -0.2) is 0 Å². The van der Waals surface area contributed by atoms with Crippen molar-refractivity contribution in [3.05, 3.63) is 35.9 Å². The molecule has 1 aromatic carbocycles. The summed E-state index contributed by atoms with van der Waals surface area (Å²) >= 11 is 0. The summed E-state index contributed by atoms with van der Waals surface area (Å²) in [6, 6.07) is 9.21. The van der Waals surface area contributed by atoms with Crippen LogP contribution in [-0.4, -0.2) is 41.1 Å². The molecule has 1 unspecified atom stereocenters. The molecule has 0 spiro atoms. The minimum Gasteiger partial charge on any atom is -0.481 e. The molecule has 1 aliphatic rings. The van der Waals surface area contributed by atoms with Gasteiger partial charge in [-0.15, -0.1) is 0 Å². The number of carboxylic acids is 1. The molecule has 0 saturated carbocycles. The standard InChI is InChI=1S/C17H20F3NO3/c1-15(2,12-6-4-3-5-7-12)10-13(22)21-9-8-16(11-21,14(23)24)17(18,19)20/h3-7H,8-11H2,1-2H3,(H,23,24). The number of benzene rings is 1. The molecule has 1 aliphatic heterocycles. The van der Waals surface area contributed by atoms with Crippen LogP contribution in [0.1, 0.15) is 32.3 Å². The molecule has 7 heteroatoms. The predicted octanol–water partition coefficient (Wildman–Crippen LogP) is 3.22. The molecule has 1 fully saturated rings. The maximum absolute atomic E-state index is 13.2. The third-order valence-electron chi connectivity index (χ3n) is 4.72. The number of carboxylic acid groups (broad SMARTS) is 1. The Labute approximate surface area is 138 Å². The van der Waals surface area contributed by atoms with Crippen LogP contribution in [0, 0.1) is 5.41 Å². The summed E-state index contributed by atoms with van der Waals surface area (Å²) in [6.45, 7) is 2.65. The highest BCUT2D eigenvalue weighted by molar-refractivity contribution is 5.82. The van der Waals surface area contributed by atoms with E-state index in [1.54, 1.807) is 0 Å². The van der Waals surface area contributed by atoms with Gasteiger partial charge in [0.1, 0.15) is 0 Å². The third-order valence-corrected chi connectivity index (χ3v) is 4.72. The van der Waals surface area contributed by atoms with Crippen LogP contribution >= 0.6 is 0 Å². The van der Waals surface area contributed by atoms with Crippen LogP contribution in [0.5, 0.6) is 0 Å². The van der Waals surface area contributed by atoms with Crippen molar-refractivity contribution in [2.24, 2.45) is 5.41 Å². The van der Waals surface area contributed by atoms with Crippen molar-refractivity contribution in [3.8, 4) is 0 Å². The molecule has 132 valence electrons. The van der Waals surface area contributed by atoms with Gasteiger partial charge < -0.3 is 10.0 Å². The summed E-state index contributed by atoms with van der Waals surface area (Å²) in [5, 5.41) is 9.05. The van der Waals surface area contributed by atoms with Crippen LogP contribution in [-0.2, 0) is 15.0 Å². The largest absolute Gasteiger partial charge is 0.481 e. The lowest BCUT2D eigenvalue weighted by Crippen LogP contribution is -2.48. The van der Waals surface area contributed by atoms with E-state index in [9.17, 15) is 22.8 Å². The van der Waals surface area contributed by atoms with E-state index < -0.39 is 41.8 Å². The first-order valence-corrected chi connectivity index (χ1v) is 7.63. The maximum atomic E-state index is 13.2. The van der Waals surface area contributed by atoms with E-state index in [0.29, 0.717) is 0 Å². The molecule has 24 heavy (non-hydrogen) atoms. The van der Waals surface area contributed by atoms with E-state index in [1.165, 1.54) is 0 Å². The second-order valence-corrected chi connectivity index (χ2v) is 6.88. The van der Waals surface area contributed by atoms with Gasteiger partial charge in [0, 0.05) is 19.5 Å². The van der Waals surface area contributed by atoms with Gasteiger partial charge in [0.15, 0.2) is 5.41 Å². The third kappa shape index (κ3) is 3.25. The summed E-state index contributed by atoms with van der Waals surface area (Å²) in [6.07, 6.45) is -5.48. The number of hydrogen-bond donors (Lipinski definition) is 1. The molecule has 2 rings (SSSR count). The lowest BCUT2D eigenvalue weighted by molar-refractivity contribution is -0.227. The Morgan fingerprint density at radius 1 is 1.21 bits per heavy atom. The van der Waals surface area contributed by atoms with Gasteiger partial charge in [-0.3, -0.25) is 9.59 Å². The molecular weight excluding hydrogens is 323 g/mol. The highest BCUT2D eigenvalue weighted by Gasteiger charge is 2.64. The van der Waals surface area contributed by atoms with Gasteiger partial charge in [-0.05, 0) is 17.4 Å². The van der Waals surface area contributed by atoms with Gasteiger partial charge in [0.25, 0.3) is 0 Å². The Balaban J connectivity index is 2.14. The second kappa shape index (κ2) is 6.11. The molecule has 0 bridgehead atoms. The first-order chi connectivity index (χ1) is 11.0. The van der Waals surface area contributed by atoms with Crippen LogP contribution < -0.4 is 0 Å². The van der Waals surface area contributed by atoms with Gasteiger partial charge in [0.2, 0.25) is 5.91 Å². The van der Waals surface area contributed by atoms with E-state index in [4.69, 9.17) is 5.11 Å². The summed E-state index contributed by atoms with van der Waals surface area (Å²) in [5.74, 6) is -2.39. The van der Waals surface area contributed by atoms with Crippen molar-refractivity contribution < 1.29 is 27.9 Å². The fourth-order valence-corrected chi connectivity index (χ4v) is 3.03. The van der Waals surface area contributed by atoms with Gasteiger partial charge in [-0.1, -0.05) is 44.2 Å². The zero-order valence-electron chi connectivity index (χ0n) is 13.6. The summed E-state index contributed by atoms with van der Waals surface area (Å²) in [4.78, 5) is 24.6. The van der Waals surface area contributed by atoms with Crippen molar-refractivity contribution in [2.45, 2.75) is 38.3 Å². The van der Waals surface area contributed by atoms with Crippen molar-refractivity contribution >= 4 is 11.9 Å². The Bertz CT molecular complexity index is 628. The Kier molecular flexibility index (Phi) is 4.65. The average molecular weight is 343 g/mol. The van der Waals surface area contributed by atoms with Crippen molar-refractivity contribution in [1.29, 1.82) is 0 Å². The molecule has 1 saturated heterocycles. The zero-order valence-corrected chi connectivity index (χ0v) is 13.6. The number of carbonyl (C=O) groups excluding carboxylic acids is 1. The van der Waals surface area contributed by atoms with Crippen molar-refractivity contribution in [1.82, 2.24) is 4.90 Å². The summed E-state index contributed by atoms with van der Waals surface area (Å²) in [5.41, 5.74) is -2.51. The van der Waals surface area contributed by atoms with E-state index in [-0.39, 0.29) is 13.0 Å². The topological polar surface area (TPSA) is 57.6 Å². The lowest BCUT2D eigenvalue weighted by Gasteiger charge is -2.29. The SMILES string of the molecule is CC(C)(CC(=O)N1CCC(C(=O)O)(C(F)(F)F)C1)c1ccccc1. The smallest absolute Gasteiger partial charge is 0.406 e. The molecule has 0 aromatic heterocycles. The Morgan fingerprint density at radius 3 is 2.25 bits per heavy atom. The number of rotatable bonds is 4. The number of alkyl halides is 3. The van der Waals surface area contributed by atoms with Crippen LogP contribution in [0.4, 0.5) is 13.2 Å². The molecular formula is C17H20F3NO3. The molecule has 1 aromatic rings. The normalized spacial score (nSPS) is 21.8. The molecule has 1 atom stereocenters. The highest BCUT2D eigenvalue weighted by atomic mass is 19.4. The zero-order chi connectivity index (χ0) is 18.2. The molecule has 1 N–H and O–H groups in total. The van der Waals surface area contributed by atoms with E-state index in [0.717, 1.165) is 10.5 Å². The fourth-order valence-electron chi connectivity index (χ4n) is 3.03. The number of hydrogen-bond acceptors (Lipinski definition) is 2. The number of aliphatic carboxylic acids is 1. The highest BCUT2D eigenvalue weighted by Crippen LogP contribution is 2.46. The first kappa shape index (κ1) is 18.3. The number of halogens is 3. The quantitative estimate of drug-likeness (QED) is 0.913. The second-order valence-electron chi connectivity index (χ2n) is 6.88. The van der Waals surface area contributed by atoms with E-state index in [1.807, 2.05) is 44.2 Å². The lowest BCUT2D eigenvalue weighted by atomic mass is 9.81. The number of amides is 1. The predicted molar refractivity (Wildman–Crippen MR) is 81.4 cm³/mol. The molecule has 1 heterocycles. The number of carbonyl (C=O) groups is 2. The van der Waals surface area contributed by atoms with Crippen molar-refractivity contribution in [2.75, 3.05) is 13.1 Å². The monoisotopic (exact) mass is 343 g/mol. The maximum Gasteiger partial charge on any atom is 0.406 e. The van der Waals surface area contributed by atoms with Gasteiger partial charge >= 0.3 is 12.1 Å². The van der Waals surface area contributed by atoms with Crippen LogP contribution in [0.3, 0.4) is 0 Å².